The Hall–Kier alpha value is -14.1. The van der Waals surface area contributed by atoms with Crippen LogP contribution in [0.5, 0.6) is 0 Å². The van der Waals surface area contributed by atoms with Crippen LogP contribution in [0.1, 0.15) is 0 Å². The summed E-state index contributed by atoms with van der Waals surface area (Å²) in [4.78, 5) is 35.0. The lowest BCUT2D eigenvalue weighted by atomic mass is 9.99. The van der Waals surface area contributed by atoms with Crippen molar-refractivity contribution < 1.29 is 0 Å². The van der Waals surface area contributed by atoms with Gasteiger partial charge < -0.3 is 14.4 Å². The Morgan fingerprint density at radius 1 is 0.170 bits per heavy atom. The number of benzene rings is 15. The average molecular weight is 1370 g/mol. The van der Waals surface area contributed by atoms with Crippen molar-refractivity contribution >= 4 is 87.4 Å². The van der Waals surface area contributed by atoms with E-state index in [-0.39, 0.29) is 0 Å². The van der Waals surface area contributed by atoms with Crippen molar-refractivity contribution in [2.45, 2.75) is 0 Å². The van der Waals surface area contributed by atoms with Crippen LogP contribution in [0, 0.1) is 0 Å². The summed E-state index contributed by atoms with van der Waals surface area (Å²) in [5.74, 6) is 3.85. The van der Waals surface area contributed by atoms with Crippen LogP contribution >= 0.6 is 11.3 Å². The zero-order valence-corrected chi connectivity index (χ0v) is 58.0. The van der Waals surface area contributed by atoms with Gasteiger partial charge in [-0.25, -0.2) is 29.9 Å². The van der Waals surface area contributed by atoms with E-state index in [9.17, 15) is 0 Å². The third-order valence-corrected chi connectivity index (χ3v) is 21.3. The van der Waals surface area contributed by atoms with Gasteiger partial charge in [-0.15, -0.1) is 11.3 Å². The zero-order chi connectivity index (χ0) is 70.0. The Balaban J connectivity index is 0.000000141. The Labute approximate surface area is 616 Å². The SMILES string of the molecule is c1ccc(-c2nc3nc(n2)-c2cccc(c2)-c2cccc(c2)N(c2ccc4c(c2)c2ccccc2n4-c2ccccc2)c2cccc(c2)-c2cccc-3c2)cc1.c1ccc(-c2nc3nc(n2)-c2cccc(c2)-c2cccc(c2)N(c2ccc4c(c2)sc2ccccc24)c2cccc(c2)-c2cccc-3c2)cc1. The van der Waals surface area contributed by atoms with Gasteiger partial charge in [-0.1, -0.05) is 243 Å². The largest absolute Gasteiger partial charge is 0.310 e. The zero-order valence-electron chi connectivity index (χ0n) is 57.2. The van der Waals surface area contributed by atoms with E-state index < -0.39 is 0 Å². The fourth-order valence-electron chi connectivity index (χ4n) is 15.1. The Morgan fingerprint density at radius 2 is 0.462 bits per heavy atom. The summed E-state index contributed by atoms with van der Waals surface area (Å²) < 4.78 is 4.93. The Morgan fingerprint density at radius 3 is 0.906 bits per heavy atom. The number of fused-ring (bicyclic) bond motifs is 34. The number of nitrogens with zero attached hydrogens (tertiary/aromatic N) is 9. The number of para-hydroxylation sites is 2. The highest BCUT2D eigenvalue weighted by Gasteiger charge is 2.23. The van der Waals surface area contributed by atoms with Gasteiger partial charge in [0.05, 0.1) is 11.0 Å². The summed E-state index contributed by atoms with van der Waals surface area (Å²) in [6.07, 6.45) is 0. The molecule has 6 heterocycles. The highest BCUT2D eigenvalue weighted by Crippen LogP contribution is 2.46. The number of aromatic nitrogens is 7. The first kappa shape index (κ1) is 61.8. The molecule has 0 aliphatic carbocycles. The Bertz CT molecular complexity index is 6410. The van der Waals surface area contributed by atoms with Gasteiger partial charge >= 0.3 is 0 Å². The maximum atomic E-state index is 5.08. The predicted octanol–water partition coefficient (Wildman–Crippen LogP) is 25.4. The summed E-state index contributed by atoms with van der Waals surface area (Å²) in [6.45, 7) is 0. The standard InChI is InChI=1S/C51H33N5.C45H28N4S/c1-3-13-34(14-4-1)49-52-50-39-19-9-15-35(29-39)37-17-11-23-42(31-37)55(43-24-12-18-38(32-43)36-16-10-20-40(30-36)51(53-49)54-50)44-27-28-48-46(33-44)45-25-7-8-26-47(45)56(48)41-21-5-2-6-22-41;1-2-10-29(11-3-1)43-46-44-34-16-6-12-30(24-34)32-14-8-18-36(26-32)49(38-22-23-40-39-20-4-5-21-41(39)50-42(40)28-38)37-19-9-15-33(27-37)31-13-7-17-35(25-31)45(47-43)48-44/h1-33H;1-28H. The second-order valence-electron chi connectivity index (χ2n) is 26.7. The van der Waals surface area contributed by atoms with E-state index in [0.717, 1.165) is 118 Å². The maximum absolute atomic E-state index is 5.08. The van der Waals surface area contributed by atoms with Gasteiger partial charge in [0.2, 0.25) is 0 Å². The topological polar surface area (TPSA) is 88.8 Å². The molecule has 15 aromatic carbocycles. The molecule has 0 atom stereocenters. The van der Waals surface area contributed by atoms with Crippen molar-refractivity contribution in [3.63, 3.8) is 0 Å². The summed E-state index contributed by atoms with van der Waals surface area (Å²) in [5.41, 5.74) is 24.4. The maximum Gasteiger partial charge on any atom is 0.164 e. The molecule has 0 amide bonds. The van der Waals surface area contributed by atoms with Gasteiger partial charge in [-0.3, -0.25) is 0 Å². The molecule has 106 heavy (non-hydrogen) atoms. The van der Waals surface area contributed by atoms with E-state index in [2.05, 4.69) is 324 Å². The van der Waals surface area contributed by atoms with Crippen molar-refractivity contribution in [2.24, 2.45) is 0 Å². The van der Waals surface area contributed by atoms with E-state index in [4.69, 9.17) is 29.9 Å². The molecule has 0 fully saturated rings. The molecule has 19 aromatic rings. The molecular formula is C96H61N9S. The first-order valence-electron chi connectivity index (χ1n) is 35.5. The molecule has 2 aliphatic heterocycles. The summed E-state index contributed by atoms with van der Waals surface area (Å²) in [5, 5.41) is 5.00. The molecule has 0 saturated heterocycles. The molecule has 20 bridgehead atoms. The smallest absolute Gasteiger partial charge is 0.164 e. The fraction of sp³-hybridized carbons (Fsp3) is 0. The summed E-state index contributed by atoms with van der Waals surface area (Å²) in [7, 11) is 0. The van der Waals surface area contributed by atoms with Crippen molar-refractivity contribution in [1.29, 1.82) is 0 Å². The highest BCUT2D eigenvalue weighted by molar-refractivity contribution is 7.25. The number of thiophene rings is 1. The highest BCUT2D eigenvalue weighted by atomic mass is 32.1. The number of anilines is 6. The summed E-state index contributed by atoms with van der Waals surface area (Å²) >= 11 is 1.84. The number of hydrogen-bond acceptors (Lipinski definition) is 9. The second kappa shape index (κ2) is 26.1. The molecule has 0 spiro atoms. The average Bonchev–Trinajstić information content (AvgIpc) is 1.58. The van der Waals surface area contributed by atoms with Crippen LogP contribution in [0.15, 0.2) is 370 Å². The fourth-order valence-corrected chi connectivity index (χ4v) is 16.2. The van der Waals surface area contributed by atoms with Gasteiger partial charge in [-0.05, 0) is 172 Å². The van der Waals surface area contributed by atoms with E-state index >= 15 is 0 Å². The van der Waals surface area contributed by atoms with Crippen molar-refractivity contribution in [3.8, 4) is 119 Å². The van der Waals surface area contributed by atoms with Crippen LogP contribution in [0.3, 0.4) is 0 Å². The van der Waals surface area contributed by atoms with Crippen molar-refractivity contribution in [1.82, 2.24) is 34.5 Å². The van der Waals surface area contributed by atoms with Crippen LogP contribution in [0.25, 0.3) is 161 Å². The van der Waals surface area contributed by atoms with Crippen LogP contribution in [-0.2, 0) is 0 Å². The quantitative estimate of drug-likeness (QED) is 0.168. The molecule has 0 N–H and O–H groups in total. The molecule has 9 nitrogen and oxygen atoms in total. The molecule has 10 heteroatoms. The molecule has 4 aromatic heterocycles. The molecule has 21 rings (SSSR count). The minimum absolute atomic E-state index is 0.635. The first-order valence-corrected chi connectivity index (χ1v) is 36.4. The normalized spacial score (nSPS) is 11.9. The van der Waals surface area contributed by atoms with Crippen molar-refractivity contribution in [2.75, 3.05) is 9.80 Å². The predicted molar refractivity (Wildman–Crippen MR) is 438 cm³/mol. The van der Waals surface area contributed by atoms with Gasteiger partial charge in [0, 0.05) is 104 Å². The molecule has 2 aliphatic rings. The monoisotopic (exact) mass is 1370 g/mol. The third kappa shape index (κ3) is 11.4. The molecule has 496 valence electrons. The minimum Gasteiger partial charge on any atom is -0.310 e. The molecule has 0 saturated carbocycles. The molecule has 0 radical (unpaired) electrons. The van der Waals surface area contributed by atoms with Crippen LogP contribution in [0.4, 0.5) is 34.1 Å². The van der Waals surface area contributed by atoms with E-state index in [1.807, 2.05) is 72.0 Å². The lowest BCUT2D eigenvalue weighted by Crippen LogP contribution is -2.10. The van der Waals surface area contributed by atoms with Gasteiger partial charge in [0.1, 0.15) is 0 Å². The summed E-state index contributed by atoms with van der Waals surface area (Å²) in [6, 6.07) is 131. The Kier molecular flexibility index (Phi) is 15.2. The van der Waals surface area contributed by atoms with Gasteiger partial charge in [0.25, 0.3) is 0 Å². The van der Waals surface area contributed by atoms with Crippen LogP contribution in [-0.4, -0.2) is 34.5 Å². The minimum atomic E-state index is 0.635. The van der Waals surface area contributed by atoms with E-state index in [0.29, 0.717) is 34.9 Å². The van der Waals surface area contributed by atoms with Gasteiger partial charge in [-0.2, -0.15) is 0 Å². The molecular weight excluding hydrogens is 1310 g/mol. The van der Waals surface area contributed by atoms with E-state index in [1.54, 1.807) is 0 Å². The molecule has 0 unspecified atom stereocenters. The lowest BCUT2D eigenvalue weighted by Gasteiger charge is -2.27. The lowest BCUT2D eigenvalue weighted by molar-refractivity contribution is 1.07. The second-order valence-corrected chi connectivity index (χ2v) is 27.8. The van der Waals surface area contributed by atoms with E-state index in [1.165, 1.54) is 42.0 Å². The van der Waals surface area contributed by atoms with Crippen LogP contribution in [0.2, 0.25) is 0 Å². The third-order valence-electron chi connectivity index (χ3n) is 20.1. The number of hydrogen-bond donors (Lipinski definition) is 0. The number of rotatable bonds is 5. The van der Waals surface area contributed by atoms with Crippen LogP contribution < -0.4 is 9.80 Å². The van der Waals surface area contributed by atoms with Gasteiger partial charge in [0.15, 0.2) is 34.9 Å². The van der Waals surface area contributed by atoms with Crippen molar-refractivity contribution in [3.05, 3.63) is 370 Å². The first-order chi connectivity index (χ1) is 52.5.